The van der Waals surface area contributed by atoms with Crippen LogP contribution in [0.25, 0.3) is 0 Å². The molecule has 1 aromatic heterocycles. The van der Waals surface area contributed by atoms with Gasteiger partial charge in [-0.3, -0.25) is 9.69 Å². The van der Waals surface area contributed by atoms with Crippen molar-refractivity contribution in [1.82, 2.24) is 9.80 Å². The lowest BCUT2D eigenvalue weighted by molar-refractivity contribution is 0.0633. The third-order valence-corrected chi connectivity index (χ3v) is 5.19. The first-order chi connectivity index (χ1) is 10.6. The van der Waals surface area contributed by atoms with E-state index in [1.807, 2.05) is 11.0 Å². The number of hydrogen-bond donors (Lipinski definition) is 0. The van der Waals surface area contributed by atoms with Crippen molar-refractivity contribution >= 4 is 28.8 Å². The number of halogens is 1. The number of amides is 1. The molecule has 0 radical (unpaired) electrons. The van der Waals surface area contributed by atoms with Crippen molar-refractivity contribution in [3.05, 3.63) is 56.7 Å². The normalized spacial score (nSPS) is 16.0. The van der Waals surface area contributed by atoms with Crippen LogP contribution in [-0.2, 0) is 6.54 Å². The lowest BCUT2D eigenvalue weighted by Gasteiger charge is -2.34. The van der Waals surface area contributed by atoms with Crippen molar-refractivity contribution in [3.8, 4) is 0 Å². The molecule has 0 bridgehead atoms. The van der Waals surface area contributed by atoms with Gasteiger partial charge in [0.1, 0.15) is 0 Å². The van der Waals surface area contributed by atoms with Gasteiger partial charge in [-0.25, -0.2) is 0 Å². The number of rotatable bonds is 3. The number of thiophene rings is 1. The van der Waals surface area contributed by atoms with Crippen molar-refractivity contribution in [2.75, 3.05) is 26.2 Å². The maximum atomic E-state index is 12.4. The molecule has 0 saturated carbocycles. The molecule has 1 aliphatic rings. The smallest absolute Gasteiger partial charge is 0.264 e. The lowest BCUT2D eigenvalue weighted by Crippen LogP contribution is -2.48. The largest absolute Gasteiger partial charge is 0.335 e. The van der Waals surface area contributed by atoms with Gasteiger partial charge in [-0.05, 0) is 24.6 Å². The number of piperazine rings is 1. The van der Waals surface area contributed by atoms with E-state index in [-0.39, 0.29) is 5.91 Å². The van der Waals surface area contributed by atoms with Gasteiger partial charge in [-0.15, -0.1) is 11.3 Å². The molecule has 0 spiro atoms. The summed E-state index contributed by atoms with van der Waals surface area (Å²) in [6, 6.07) is 12.3. The predicted molar refractivity (Wildman–Crippen MR) is 91.7 cm³/mol. The van der Waals surface area contributed by atoms with E-state index in [1.54, 1.807) is 6.07 Å². The first kappa shape index (κ1) is 15.5. The standard InChI is InChI=1S/C17H19ClN2OS/c1-13-2-4-14(5-3-13)12-19-8-10-20(11-9-19)17(21)15-6-7-16(18)22-15/h2-7H,8-12H2,1H3. The molecule has 0 aliphatic carbocycles. The molecule has 22 heavy (non-hydrogen) atoms. The number of aryl methyl sites for hydroxylation is 1. The van der Waals surface area contributed by atoms with Crippen LogP contribution in [-0.4, -0.2) is 41.9 Å². The summed E-state index contributed by atoms with van der Waals surface area (Å²) < 4.78 is 0.668. The first-order valence-corrected chi connectivity index (χ1v) is 8.64. The van der Waals surface area contributed by atoms with Gasteiger partial charge in [-0.2, -0.15) is 0 Å². The second-order valence-corrected chi connectivity index (χ2v) is 7.37. The second kappa shape index (κ2) is 6.82. The summed E-state index contributed by atoms with van der Waals surface area (Å²) in [5, 5.41) is 0. The van der Waals surface area contributed by atoms with E-state index in [0.29, 0.717) is 4.34 Å². The number of carbonyl (C=O) groups excluding carboxylic acids is 1. The average molecular weight is 335 g/mol. The molecule has 3 rings (SSSR count). The van der Waals surface area contributed by atoms with Crippen molar-refractivity contribution in [2.45, 2.75) is 13.5 Å². The van der Waals surface area contributed by atoms with Crippen LogP contribution in [0.2, 0.25) is 4.34 Å². The Morgan fingerprint density at radius 1 is 1.09 bits per heavy atom. The van der Waals surface area contributed by atoms with Crippen LogP contribution in [0.1, 0.15) is 20.8 Å². The Kier molecular flexibility index (Phi) is 4.81. The second-order valence-electron chi connectivity index (χ2n) is 5.66. The van der Waals surface area contributed by atoms with Gasteiger partial charge in [0.15, 0.2) is 0 Å². The number of nitrogens with zero attached hydrogens (tertiary/aromatic N) is 2. The summed E-state index contributed by atoms with van der Waals surface area (Å²) in [5.74, 6) is 0.104. The van der Waals surface area contributed by atoms with Crippen LogP contribution in [0.15, 0.2) is 36.4 Å². The molecule has 2 heterocycles. The maximum absolute atomic E-state index is 12.4. The summed E-state index contributed by atoms with van der Waals surface area (Å²) in [7, 11) is 0. The van der Waals surface area contributed by atoms with E-state index in [2.05, 4.69) is 36.1 Å². The van der Waals surface area contributed by atoms with Crippen molar-refractivity contribution in [2.24, 2.45) is 0 Å². The fourth-order valence-electron chi connectivity index (χ4n) is 2.65. The van der Waals surface area contributed by atoms with Crippen molar-refractivity contribution in [3.63, 3.8) is 0 Å². The highest BCUT2D eigenvalue weighted by molar-refractivity contribution is 7.17. The van der Waals surface area contributed by atoms with Crippen LogP contribution in [0.5, 0.6) is 0 Å². The zero-order valence-corrected chi connectivity index (χ0v) is 14.2. The van der Waals surface area contributed by atoms with E-state index < -0.39 is 0 Å². The molecule has 2 aromatic rings. The fraction of sp³-hybridized carbons (Fsp3) is 0.353. The Labute approximate surface area is 140 Å². The summed E-state index contributed by atoms with van der Waals surface area (Å²) in [4.78, 5) is 17.4. The van der Waals surface area contributed by atoms with Gasteiger partial charge in [0.25, 0.3) is 5.91 Å². The quantitative estimate of drug-likeness (QED) is 0.855. The SMILES string of the molecule is Cc1ccc(CN2CCN(C(=O)c3ccc(Cl)s3)CC2)cc1. The minimum atomic E-state index is 0.104. The van der Waals surface area contributed by atoms with Crippen molar-refractivity contribution < 1.29 is 4.79 Å². The monoisotopic (exact) mass is 334 g/mol. The van der Waals surface area contributed by atoms with Gasteiger partial charge in [0.2, 0.25) is 0 Å². The average Bonchev–Trinajstić information content (AvgIpc) is 2.96. The third kappa shape index (κ3) is 3.69. The minimum Gasteiger partial charge on any atom is -0.335 e. The predicted octanol–water partition coefficient (Wildman–Crippen LogP) is 3.67. The third-order valence-electron chi connectivity index (χ3n) is 3.97. The van der Waals surface area contributed by atoms with Gasteiger partial charge in [0.05, 0.1) is 9.21 Å². The summed E-state index contributed by atoms with van der Waals surface area (Å²) in [6.45, 7) is 6.44. The first-order valence-electron chi connectivity index (χ1n) is 7.44. The Bertz CT molecular complexity index is 645. The van der Waals surface area contributed by atoms with Crippen LogP contribution >= 0.6 is 22.9 Å². The molecule has 1 saturated heterocycles. The Morgan fingerprint density at radius 3 is 2.36 bits per heavy atom. The number of benzene rings is 1. The molecular weight excluding hydrogens is 316 g/mol. The Balaban J connectivity index is 1.54. The molecule has 0 unspecified atom stereocenters. The van der Waals surface area contributed by atoms with Crippen LogP contribution < -0.4 is 0 Å². The van der Waals surface area contributed by atoms with Crippen LogP contribution in [0, 0.1) is 6.92 Å². The van der Waals surface area contributed by atoms with Gasteiger partial charge in [-0.1, -0.05) is 41.4 Å². The lowest BCUT2D eigenvalue weighted by atomic mass is 10.1. The zero-order chi connectivity index (χ0) is 15.5. The van der Waals surface area contributed by atoms with Crippen LogP contribution in [0.3, 0.4) is 0 Å². The maximum Gasteiger partial charge on any atom is 0.264 e. The molecule has 1 aromatic carbocycles. The van der Waals surface area contributed by atoms with E-state index in [1.165, 1.54) is 22.5 Å². The molecule has 1 fully saturated rings. The topological polar surface area (TPSA) is 23.6 Å². The number of hydrogen-bond acceptors (Lipinski definition) is 3. The van der Waals surface area contributed by atoms with Crippen LogP contribution in [0.4, 0.5) is 0 Å². The highest BCUT2D eigenvalue weighted by Gasteiger charge is 2.23. The molecule has 3 nitrogen and oxygen atoms in total. The van der Waals surface area contributed by atoms with E-state index in [4.69, 9.17) is 11.6 Å². The zero-order valence-electron chi connectivity index (χ0n) is 12.6. The molecule has 1 aliphatic heterocycles. The summed E-state index contributed by atoms with van der Waals surface area (Å²) in [6.07, 6.45) is 0. The molecule has 5 heteroatoms. The Morgan fingerprint density at radius 2 is 1.77 bits per heavy atom. The van der Waals surface area contributed by atoms with Gasteiger partial charge in [0, 0.05) is 32.7 Å². The molecule has 116 valence electrons. The molecule has 0 N–H and O–H groups in total. The van der Waals surface area contributed by atoms with E-state index in [0.717, 1.165) is 37.6 Å². The van der Waals surface area contributed by atoms with Gasteiger partial charge < -0.3 is 4.90 Å². The van der Waals surface area contributed by atoms with Crippen molar-refractivity contribution in [1.29, 1.82) is 0 Å². The summed E-state index contributed by atoms with van der Waals surface area (Å²) in [5.41, 5.74) is 2.61. The molecule has 0 atom stereocenters. The highest BCUT2D eigenvalue weighted by atomic mass is 35.5. The van der Waals surface area contributed by atoms with E-state index >= 15 is 0 Å². The molecular formula is C17H19ClN2OS. The van der Waals surface area contributed by atoms with Gasteiger partial charge >= 0.3 is 0 Å². The molecule has 1 amide bonds. The highest BCUT2D eigenvalue weighted by Crippen LogP contribution is 2.23. The summed E-state index contributed by atoms with van der Waals surface area (Å²) >= 11 is 7.26. The minimum absolute atomic E-state index is 0.104. The Hall–Kier alpha value is -1.36. The van der Waals surface area contributed by atoms with E-state index in [9.17, 15) is 4.79 Å². The number of carbonyl (C=O) groups is 1. The fourth-order valence-corrected chi connectivity index (χ4v) is 3.66.